The molecular formula is C9H9NO2S2. The molecule has 0 aromatic heterocycles. The Bertz CT molecular complexity index is 518. The van der Waals surface area contributed by atoms with E-state index in [9.17, 15) is 8.42 Å². The fourth-order valence-corrected chi connectivity index (χ4v) is 3.51. The first kappa shape index (κ1) is 9.61. The lowest BCUT2D eigenvalue weighted by atomic mass is 10.2. The Balaban J connectivity index is 2.78. The first-order chi connectivity index (χ1) is 6.57. The molecule has 2 rings (SSSR count). The van der Waals surface area contributed by atoms with Gasteiger partial charge in [-0.15, -0.1) is 0 Å². The highest BCUT2D eigenvalue weighted by Crippen LogP contribution is 2.36. The quantitative estimate of drug-likeness (QED) is 0.562. The van der Waals surface area contributed by atoms with E-state index >= 15 is 0 Å². The largest absolute Gasteiger partial charge is 0.398 e. The number of hydrogen-bond donors (Lipinski definition) is 2. The van der Waals surface area contributed by atoms with Crippen LogP contribution in [0.1, 0.15) is 5.56 Å². The Morgan fingerprint density at radius 1 is 1.36 bits per heavy atom. The van der Waals surface area contributed by atoms with Crippen LogP contribution in [0.4, 0.5) is 5.69 Å². The first-order valence-electron chi connectivity index (χ1n) is 4.02. The van der Waals surface area contributed by atoms with Gasteiger partial charge in [-0.05, 0) is 18.2 Å². The average molecular weight is 227 g/mol. The highest BCUT2D eigenvalue weighted by atomic mass is 32.2. The van der Waals surface area contributed by atoms with Crippen molar-refractivity contribution in [2.75, 3.05) is 11.5 Å². The third-order valence-corrected chi connectivity index (χ3v) is 4.64. The maximum absolute atomic E-state index is 11.8. The molecule has 1 aliphatic heterocycles. The van der Waals surface area contributed by atoms with Crippen LogP contribution in [-0.2, 0) is 9.84 Å². The van der Waals surface area contributed by atoms with Gasteiger partial charge in [0.2, 0.25) is 9.84 Å². The number of thiol groups is 1. The molecule has 0 aliphatic carbocycles. The fraction of sp³-hybridized carbons (Fsp3) is 0.111. The summed E-state index contributed by atoms with van der Waals surface area (Å²) in [7, 11) is -3.31. The Morgan fingerprint density at radius 3 is 2.64 bits per heavy atom. The van der Waals surface area contributed by atoms with Crippen molar-refractivity contribution in [1.29, 1.82) is 0 Å². The van der Waals surface area contributed by atoms with Gasteiger partial charge in [-0.2, -0.15) is 12.6 Å². The van der Waals surface area contributed by atoms with Crippen LogP contribution in [0.25, 0.3) is 6.08 Å². The molecule has 0 radical (unpaired) electrons. The van der Waals surface area contributed by atoms with E-state index in [1.54, 1.807) is 24.3 Å². The van der Waals surface area contributed by atoms with Crippen LogP contribution >= 0.6 is 12.6 Å². The standard InChI is InChI=1S/C9H9NO2S2/c10-8-2-1-3-9-7(8)4-6(5-13)14(9,11)12/h1-4,13H,5,10H2. The molecule has 0 atom stereocenters. The second-order valence-electron chi connectivity index (χ2n) is 3.03. The zero-order chi connectivity index (χ0) is 10.3. The molecule has 0 saturated carbocycles. The minimum absolute atomic E-state index is 0.205. The second-order valence-corrected chi connectivity index (χ2v) is 5.32. The van der Waals surface area contributed by atoms with Gasteiger partial charge >= 0.3 is 0 Å². The molecule has 0 bridgehead atoms. The summed E-state index contributed by atoms with van der Waals surface area (Å²) in [5.41, 5.74) is 6.76. The summed E-state index contributed by atoms with van der Waals surface area (Å²) in [4.78, 5) is 0.607. The molecule has 2 N–H and O–H groups in total. The molecule has 0 fully saturated rings. The zero-order valence-corrected chi connectivity index (χ0v) is 8.98. The average Bonchev–Trinajstić information content (AvgIpc) is 2.40. The number of benzene rings is 1. The lowest BCUT2D eigenvalue weighted by molar-refractivity contribution is 0.603. The molecule has 0 saturated heterocycles. The number of hydrogen-bond acceptors (Lipinski definition) is 4. The summed E-state index contributed by atoms with van der Waals surface area (Å²) in [5, 5.41) is 0. The highest BCUT2D eigenvalue weighted by molar-refractivity contribution is 7.97. The van der Waals surface area contributed by atoms with Crippen LogP contribution in [0.5, 0.6) is 0 Å². The third kappa shape index (κ3) is 1.16. The van der Waals surface area contributed by atoms with Gasteiger partial charge in [-0.3, -0.25) is 0 Å². The van der Waals surface area contributed by atoms with Crippen molar-refractivity contribution >= 4 is 34.2 Å². The van der Waals surface area contributed by atoms with Crippen LogP contribution in [0.2, 0.25) is 0 Å². The minimum Gasteiger partial charge on any atom is -0.398 e. The maximum atomic E-state index is 11.8. The highest BCUT2D eigenvalue weighted by Gasteiger charge is 2.29. The number of sulfone groups is 1. The van der Waals surface area contributed by atoms with Crippen LogP contribution in [-0.4, -0.2) is 14.2 Å². The van der Waals surface area contributed by atoms with E-state index in [4.69, 9.17) is 5.73 Å². The van der Waals surface area contributed by atoms with Crippen molar-refractivity contribution in [3.05, 3.63) is 28.7 Å². The number of fused-ring (bicyclic) bond motifs is 1. The summed E-state index contributed by atoms with van der Waals surface area (Å²) in [6, 6.07) is 4.89. The Hall–Kier alpha value is -0.940. The molecular weight excluding hydrogens is 218 g/mol. The topological polar surface area (TPSA) is 60.2 Å². The van der Waals surface area contributed by atoms with E-state index in [1.165, 1.54) is 0 Å². The summed E-state index contributed by atoms with van der Waals surface area (Å²) in [5.74, 6) is 0.205. The normalized spacial score (nSPS) is 17.6. The van der Waals surface area contributed by atoms with Gasteiger partial charge in [0.15, 0.2) is 0 Å². The van der Waals surface area contributed by atoms with Crippen molar-refractivity contribution < 1.29 is 8.42 Å². The molecule has 14 heavy (non-hydrogen) atoms. The molecule has 3 nitrogen and oxygen atoms in total. The van der Waals surface area contributed by atoms with E-state index in [2.05, 4.69) is 12.6 Å². The molecule has 0 amide bonds. The zero-order valence-electron chi connectivity index (χ0n) is 7.27. The van der Waals surface area contributed by atoms with Crippen molar-refractivity contribution in [3.63, 3.8) is 0 Å². The molecule has 1 aromatic carbocycles. The predicted octanol–water partition coefficient (Wildman–Crippen LogP) is 1.33. The molecule has 0 unspecified atom stereocenters. The second kappa shape index (κ2) is 3.03. The Morgan fingerprint density at radius 2 is 2.07 bits per heavy atom. The molecule has 1 aromatic rings. The monoisotopic (exact) mass is 227 g/mol. The lowest BCUT2D eigenvalue weighted by Gasteiger charge is -2.01. The molecule has 5 heteroatoms. The van der Waals surface area contributed by atoms with E-state index in [1.807, 2.05) is 0 Å². The van der Waals surface area contributed by atoms with Gasteiger partial charge in [-0.1, -0.05) is 6.07 Å². The van der Waals surface area contributed by atoms with Gasteiger partial charge in [-0.25, -0.2) is 8.42 Å². The number of nitrogens with two attached hydrogens (primary N) is 1. The van der Waals surface area contributed by atoms with Crippen molar-refractivity contribution in [3.8, 4) is 0 Å². The van der Waals surface area contributed by atoms with Gasteiger partial charge in [0, 0.05) is 17.0 Å². The van der Waals surface area contributed by atoms with E-state index < -0.39 is 9.84 Å². The molecule has 1 heterocycles. The first-order valence-corrected chi connectivity index (χ1v) is 6.14. The van der Waals surface area contributed by atoms with E-state index in [0.29, 0.717) is 21.1 Å². The van der Waals surface area contributed by atoms with Crippen LogP contribution in [0.15, 0.2) is 28.0 Å². The smallest absolute Gasteiger partial charge is 0.204 e. The van der Waals surface area contributed by atoms with Gasteiger partial charge < -0.3 is 5.73 Å². The summed E-state index contributed by atoms with van der Waals surface area (Å²) in [6.07, 6.45) is 1.59. The lowest BCUT2D eigenvalue weighted by Crippen LogP contribution is -2.02. The van der Waals surface area contributed by atoms with Crippen molar-refractivity contribution in [2.24, 2.45) is 0 Å². The Kier molecular flexibility index (Phi) is 2.08. The van der Waals surface area contributed by atoms with Crippen LogP contribution in [0.3, 0.4) is 0 Å². The Labute approximate surface area is 88.0 Å². The predicted molar refractivity (Wildman–Crippen MR) is 59.9 cm³/mol. The number of rotatable bonds is 1. The van der Waals surface area contributed by atoms with E-state index in [0.717, 1.165) is 0 Å². The molecule has 74 valence electrons. The number of nitrogen functional groups attached to an aromatic ring is 1. The SMILES string of the molecule is Nc1cccc2c1C=C(CS)S2(=O)=O. The minimum atomic E-state index is -3.31. The van der Waals surface area contributed by atoms with Gasteiger partial charge in [0.05, 0.1) is 9.80 Å². The molecule has 1 aliphatic rings. The maximum Gasteiger partial charge on any atom is 0.204 e. The molecule has 0 spiro atoms. The van der Waals surface area contributed by atoms with Gasteiger partial charge in [0.25, 0.3) is 0 Å². The summed E-state index contributed by atoms with van der Waals surface area (Å²) >= 11 is 3.98. The number of anilines is 1. The third-order valence-electron chi connectivity index (χ3n) is 2.20. The van der Waals surface area contributed by atoms with Crippen molar-refractivity contribution in [2.45, 2.75) is 4.90 Å². The summed E-state index contributed by atoms with van der Waals surface area (Å²) in [6.45, 7) is 0. The van der Waals surface area contributed by atoms with Crippen molar-refractivity contribution in [1.82, 2.24) is 0 Å². The van der Waals surface area contributed by atoms with Crippen LogP contribution in [0, 0.1) is 0 Å². The fourth-order valence-electron chi connectivity index (χ4n) is 1.46. The van der Waals surface area contributed by atoms with Crippen LogP contribution < -0.4 is 5.73 Å². The van der Waals surface area contributed by atoms with E-state index in [-0.39, 0.29) is 5.75 Å². The summed E-state index contributed by atoms with van der Waals surface area (Å²) < 4.78 is 23.6. The van der Waals surface area contributed by atoms with Gasteiger partial charge in [0.1, 0.15) is 0 Å².